The molecule has 14 heavy (non-hydrogen) atoms. The van der Waals surface area contributed by atoms with E-state index >= 15 is 0 Å². The maximum absolute atomic E-state index is 12.8. The Balaban J connectivity index is 1.99. The Morgan fingerprint density at radius 1 is 1.43 bits per heavy atom. The maximum atomic E-state index is 12.8. The Morgan fingerprint density at radius 3 is 2.71 bits per heavy atom. The Kier molecular flexibility index (Phi) is 2.50. The lowest BCUT2D eigenvalue weighted by molar-refractivity contribution is 0.140. The van der Waals surface area contributed by atoms with Crippen molar-refractivity contribution in [1.82, 2.24) is 0 Å². The van der Waals surface area contributed by atoms with Crippen molar-refractivity contribution in [3.63, 3.8) is 0 Å². The molecule has 0 radical (unpaired) electrons. The van der Waals surface area contributed by atoms with Gasteiger partial charge in [0.1, 0.15) is 5.82 Å². The first-order valence-corrected chi connectivity index (χ1v) is 5.13. The maximum Gasteiger partial charge on any atom is 0.141 e. The lowest BCUT2D eigenvalue weighted by atomic mass is 10.1. The molecule has 0 heterocycles. The molecule has 0 spiro atoms. The number of benzene rings is 1. The fourth-order valence-electron chi connectivity index (χ4n) is 1.47. The molecule has 1 N–H and O–H groups in total. The average Bonchev–Trinajstić information content (AvgIpc) is 2.87. The van der Waals surface area contributed by atoms with E-state index in [0.29, 0.717) is 0 Å². The van der Waals surface area contributed by atoms with Gasteiger partial charge in [-0.15, -0.1) is 0 Å². The van der Waals surface area contributed by atoms with Crippen molar-refractivity contribution in [2.24, 2.45) is 0 Å². The van der Waals surface area contributed by atoms with E-state index in [0.717, 1.165) is 31.2 Å². The van der Waals surface area contributed by atoms with Gasteiger partial charge < -0.3 is 5.11 Å². The summed E-state index contributed by atoms with van der Waals surface area (Å²) in [5.74, 6) is -0.388. The van der Waals surface area contributed by atoms with Crippen LogP contribution in [0.4, 0.5) is 4.39 Å². The molecule has 0 atom stereocenters. The van der Waals surface area contributed by atoms with E-state index in [1.54, 1.807) is 12.1 Å². The topological polar surface area (TPSA) is 20.2 Å². The second-order valence-electron chi connectivity index (χ2n) is 3.97. The van der Waals surface area contributed by atoms with E-state index in [4.69, 9.17) is 11.6 Å². The number of halogens is 2. The quantitative estimate of drug-likeness (QED) is 0.820. The molecular formula is C11H12ClFO. The summed E-state index contributed by atoms with van der Waals surface area (Å²) >= 11 is 5.64. The Morgan fingerprint density at radius 2 is 2.14 bits per heavy atom. The number of hydrogen-bond donors (Lipinski definition) is 1. The van der Waals surface area contributed by atoms with Gasteiger partial charge in [0, 0.05) is 0 Å². The monoisotopic (exact) mass is 214 g/mol. The van der Waals surface area contributed by atoms with Crippen LogP contribution in [0.1, 0.15) is 24.8 Å². The molecule has 1 saturated carbocycles. The van der Waals surface area contributed by atoms with Crippen molar-refractivity contribution in [1.29, 1.82) is 0 Å². The lowest BCUT2D eigenvalue weighted by Gasteiger charge is -2.07. The van der Waals surface area contributed by atoms with Crippen molar-refractivity contribution in [2.75, 3.05) is 0 Å². The van der Waals surface area contributed by atoms with E-state index in [1.807, 2.05) is 0 Å². The minimum absolute atomic E-state index is 0.158. The Bertz CT molecular complexity index is 347. The first-order valence-electron chi connectivity index (χ1n) is 4.75. The van der Waals surface area contributed by atoms with E-state index < -0.39 is 5.60 Å². The van der Waals surface area contributed by atoms with E-state index in [2.05, 4.69) is 0 Å². The van der Waals surface area contributed by atoms with Crippen LogP contribution in [-0.2, 0) is 6.42 Å². The Labute approximate surface area is 87.5 Å². The normalized spacial score (nSPS) is 18.2. The fraction of sp³-hybridized carbons (Fsp3) is 0.455. The van der Waals surface area contributed by atoms with E-state index in [1.165, 1.54) is 6.07 Å². The summed E-state index contributed by atoms with van der Waals surface area (Å²) in [6, 6.07) is 4.71. The van der Waals surface area contributed by atoms with Gasteiger partial charge in [-0.25, -0.2) is 4.39 Å². The third-order valence-electron chi connectivity index (χ3n) is 2.69. The molecule has 2 rings (SSSR count). The molecule has 3 heteroatoms. The second-order valence-corrected chi connectivity index (χ2v) is 4.38. The lowest BCUT2D eigenvalue weighted by Crippen LogP contribution is -2.07. The summed E-state index contributed by atoms with van der Waals surface area (Å²) in [7, 11) is 0. The van der Waals surface area contributed by atoms with Crippen molar-refractivity contribution in [2.45, 2.75) is 31.3 Å². The molecule has 1 aliphatic carbocycles. The summed E-state index contributed by atoms with van der Waals surface area (Å²) in [5.41, 5.74) is 0.539. The average molecular weight is 215 g/mol. The van der Waals surface area contributed by atoms with Crippen LogP contribution in [0.3, 0.4) is 0 Å². The molecule has 76 valence electrons. The number of hydrogen-bond acceptors (Lipinski definition) is 1. The van der Waals surface area contributed by atoms with Gasteiger partial charge >= 0.3 is 0 Å². The van der Waals surface area contributed by atoms with Crippen LogP contribution in [0.25, 0.3) is 0 Å². The fourth-order valence-corrected chi connectivity index (χ4v) is 1.67. The molecule has 0 saturated heterocycles. The van der Waals surface area contributed by atoms with Crippen molar-refractivity contribution < 1.29 is 9.50 Å². The third kappa shape index (κ3) is 2.25. The van der Waals surface area contributed by atoms with Gasteiger partial charge in [-0.05, 0) is 43.4 Å². The van der Waals surface area contributed by atoms with E-state index in [9.17, 15) is 9.50 Å². The van der Waals surface area contributed by atoms with Crippen LogP contribution in [-0.4, -0.2) is 10.7 Å². The standard InChI is InChI=1S/C11H12ClFO/c12-9-7-8(1-2-10(9)13)3-4-11(14)5-6-11/h1-2,7,14H,3-6H2. The molecule has 1 aromatic rings. The zero-order chi connectivity index (χ0) is 10.2. The molecule has 0 aromatic heterocycles. The molecule has 1 aromatic carbocycles. The van der Waals surface area contributed by atoms with Crippen LogP contribution in [0.15, 0.2) is 18.2 Å². The summed E-state index contributed by atoms with van der Waals surface area (Å²) in [4.78, 5) is 0. The molecular weight excluding hydrogens is 203 g/mol. The number of rotatable bonds is 3. The van der Waals surface area contributed by atoms with Crippen molar-refractivity contribution >= 4 is 11.6 Å². The molecule has 1 aliphatic rings. The first kappa shape index (κ1) is 9.94. The highest BCUT2D eigenvalue weighted by Crippen LogP contribution is 2.39. The highest BCUT2D eigenvalue weighted by Gasteiger charge is 2.39. The zero-order valence-electron chi connectivity index (χ0n) is 7.76. The minimum atomic E-state index is -0.444. The minimum Gasteiger partial charge on any atom is -0.390 e. The second kappa shape index (κ2) is 3.52. The highest BCUT2D eigenvalue weighted by molar-refractivity contribution is 6.30. The van der Waals surface area contributed by atoms with Gasteiger partial charge in [0.25, 0.3) is 0 Å². The van der Waals surface area contributed by atoms with Crippen molar-refractivity contribution in [3.8, 4) is 0 Å². The van der Waals surface area contributed by atoms with Crippen LogP contribution in [0.2, 0.25) is 5.02 Å². The predicted octanol–water partition coefficient (Wildman–Crippen LogP) is 2.94. The summed E-state index contributed by atoms with van der Waals surface area (Å²) < 4.78 is 12.8. The molecule has 0 amide bonds. The van der Waals surface area contributed by atoms with Gasteiger partial charge in [-0.2, -0.15) is 0 Å². The van der Waals surface area contributed by atoms with E-state index in [-0.39, 0.29) is 10.8 Å². The zero-order valence-corrected chi connectivity index (χ0v) is 8.52. The molecule has 0 unspecified atom stereocenters. The van der Waals surface area contributed by atoms with Crippen LogP contribution < -0.4 is 0 Å². The molecule has 0 bridgehead atoms. The highest BCUT2D eigenvalue weighted by atomic mass is 35.5. The van der Waals surface area contributed by atoms with Gasteiger partial charge in [-0.3, -0.25) is 0 Å². The summed E-state index contributed by atoms with van der Waals surface area (Å²) in [5, 5.41) is 9.76. The summed E-state index contributed by atoms with van der Waals surface area (Å²) in [6.07, 6.45) is 3.29. The molecule has 1 fully saturated rings. The smallest absolute Gasteiger partial charge is 0.141 e. The van der Waals surface area contributed by atoms with Crippen LogP contribution in [0, 0.1) is 5.82 Å². The predicted molar refractivity (Wildman–Crippen MR) is 53.9 cm³/mol. The van der Waals surface area contributed by atoms with Gasteiger partial charge in [-0.1, -0.05) is 17.7 Å². The van der Waals surface area contributed by atoms with Gasteiger partial charge in [0.15, 0.2) is 0 Å². The number of aliphatic hydroxyl groups is 1. The SMILES string of the molecule is OC1(CCc2ccc(F)c(Cl)c2)CC1. The molecule has 1 nitrogen and oxygen atoms in total. The van der Waals surface area contributed by atoms with Gasteiger partial charge in [0.2, 0.25) is 0 Å². The largest absolute Gasteiger partial charge is 0.390 e. The summed E-state index contributed by atoms with van der Waals surface area (Å²) in [6.45, 7) is 0. The Hall–Kier alpha value is -0.600. The van der Waals surface area contributed by atoms with Crippen LogP contribution >= 0.6 is 11.6 Å². The van der Waals surface area contributed by atoms with Crippen LogP contribution in [0.5, 0.6) is 0 Å². The van der Waals surface area contributed by atoms with Gasteiger partial charge in [0.05, 0.1) is 10.6 Å². The number of aryl methyl sites for hydroxylation is 1. The first-order chi connectivity index (χ1) is 6.59. The van der Waals surface area contributed by atoms with Crippen molar-refractivity contribution in [3.05, 3.63) is 34.6 Å². The molecule has 0 aliphatic heterocycles. The third-order valence-corrected chi connectivity index (χ3v) is 2.98.